The second-order valence-corrected chi connectivity index (χ2v) is 10.3. The summed E-state index contributed by atoms with van der Waals surface area (Å²) in [6.07, 6.45) is 15.8. The van der Waals surface area contributed by atoms with Gasteiger partial charge in [-0.25, -0.2) is 0 Å². The third-order valence-corrected chi connectivity index (χ3v) is 7.42. The molecule has 0 bridgehead atoms. The second kappa shape index (κ2) is 9.60. The summed E-state index contributed by atoms with van der Waals surface area (Å²) in [5.74, 6) is 0.931. The van der Waals surface area contributed by atoms with E-state index in [0.717, 1.165) is 11.4 Å². The van der Waals surface area contributed by atoms with E-state index in [2.05, 4.69) is 38.8 Å². The Balaban J connectivity index is 0.000000331. The molecular formula is C15H19ClFeOSi+2. The fourth-order valence-electron chi connectivity index (χ4n) is 1.51. The molecule has 0 spiro atoms. The van der Waals surface area contributed by atoms with Crippen molar-refractivity contribution in [3.63, 3.8) is 0 Å². The third-order valence-electron chi connectivity index (χ3n) is 2.85. The topological polar surface area (TPSA) is 17.1 Å². The van der Waals surface area contributed by atoms with Crippen molar-refractivity contribution in [3.05, 3.63) is 62.8 Å². The zero-order valence-corrected chi connectivity index (χ0v) is 14.3. The van der Waals surface area contributed by atoms with Crippen molar-refractivity contribution >= 4 is 25.5 Å². The Morgan fingerprint density at radius 2 is 1.47 bits per heavy atom. The molecule has 10 radical (unpaired) electrons. The molecule has 4 heteroatoms. The van der Waals surface area contributed by atoms with Gasteiger partial charge in [0.1, 0.15) is 5.78 Å². The molecule has 0 atom stereocenters. The summed E-state index contributed by atoms with van der Waals surface area (Å²) in [6, 6.07) is 0. The van der Waals surface area contributed by atoms with Crippen LogP contribution >= 0.6 is 11.6 Å². The van der Waals surface area contributed by atoms with E-state index < -0.39 is 8.07 Å². The fraction of sp³-hybridized carbons (Fsp3) is 0.267. The Morgan fingerprint density at radius 1 is 1.05 bits per heavy atom. The van der Waals surface area contributed by atoms with E-state index >= 15 is 0 Å². The largest absolute Gasteiger partial charge is 2.00 e. The number of carbonyl (C=O) groups is 1. The molecule has 0 saturated heterocycles. The third kappa shape index (κ3) is 6.79. The molecule has 2 saturated carbocycles. The van der Waals surface area contributed by atoms with Gasteiger partial charge in [-0.3, -0.25) is 4.79 Å². The molecule has 2 rings (SSSR count). The summed E-state index contributed by atoms with van der Waals surface area (Å²) in [5.41, 5.74) is 2.28. The van der Waals surface area contributed by atoms with E-state index in [4.69, 9.17) is 11.6 Å². The van der Waals surface area contributed by atoms with Gasteiger partial charge in [0.2, 0.25) is 0 Å². The van der Waals surface area contributed by atoms with Crippen LogP contribution < -0.4 is 0 Å². The SMILES string of the molecule is CC(=O)[C]1[CH][CH][CH][CH]1.C[Si](C)(CCl)[C]1[CH][CH][CH][CH]1.[Fe+2]. The van der Waals surface area contributed by atoms with Crippen LogP contribution in [0.15, 0.2) is 0 Å². The van der Waals surface area contributed by atoms with Crippen molar-refractivity contribution in [1.29, 1.82) is 0 Å². The molecule has 0 aromatic carbocycles. The molecule has 0 amide bonds. The van der Waals surface area contributed by atoms with Gasteiger partial charge >= 0.3 is 17.1 Å². The van der Waals surface area contributed by atoms with Crippen LogP contribution in [0.1, 0.15) is 6.92 Å². The van der Waals surface area contributed by atoms with E-state index in [9.17, 15) is 4.79 Å². The number of Topliss-reactive ketones (excluding diaryl/α,β-unsaturated/α-hetero) is 1. The van der Waals surface area contributed by atoms with Crippen molar-refractivity contribution in [1.82, 2.24) is 0 Å². The van der Waals surface area contributed by atoms with Crippen molar-refractivity contribution < 1.29 is 21.9 Å². The zero-order chi connectivity index (χ0) is 13.6. The first-order chi connectivity index (χ1) is 8.47. The Morgan fingerprint density at radius 3 is 1.79 bits per heavy atom. The predicted molar refractivity (Wildman–Crippen MR) is 79.8 cm³/mol. The van der Waals surface area contributed by atoms with E-state index in [1.807, 2.05) is 25.7 Å². The summed E-state index contributed by atoms with van der Waals surface area (Å²) < 4.78 is 0. The summed E-state index contributed by atoms with van der Waals surface area (Å²) in [6.45, 7) is 6.14. The van der Waals surface area contributed by atoms with Gasteiger partial charge in [0.25, 0.3) is 0 Å². The van der Waals surface area contributed by atoms with E-state index in [1.165, 1.54) is 5.54 Å². The minimum absolute atomic E-state index is 0. The Kier molecular flexibility index (Phi) is 9.95. The summed E-state index contributed by atoms with van der Waals surface area (Å²) >= 11 is 5.85. The smallest absolute Gasteiger partial charge is 0.299 e. The van der Waals surface area contributed by atoms with Gasteiger partial charge in [-0.15, -0.1) is 11.6 Å². The first-order valence-electron chi connectivity index (χ1n) is 5.98. The fourth-order valence-corrected chi connectivity index (χ4v) is 3.22. The van der Waals surface area contributed by atoms with Crippen LogP contribution in [0.25, 0.3) is 0 Å². The molecule has 102 valence electrons. The number of hydrogen-bond acceptors (Lipinski definition) is 1. The van der Waals surface area contributed by atoms with Crippen molar-refractivity contribution in [2.24, 2.45) is 0 Å². The number of carbonyl (C=O) groups excluding carboxylic acids is 1. The molecule has 0 aromatic rings. The standard InChI is InChI=1S/C8H12ClSi.C7H7O.Fe/c1-10(2,7-9)8-5-3-4-6-8;1-6(8)7-4-2-3-5-7;/h3-6H,7H2,1-2H3;2-5H,1H3;/q;;+2. The number of halogens is 1. The van der Waals surface area contributed by atoms with Crippen LogP contribution in [0.3, 0.4) is 0 Å². The summed E-state index contributed by atoms with van der Waals surface area (Å²) in [7, 11) is -1.24. The van der Waals surface area contributed by atoms with Crippen molar-refractivity contribution in [3.8, 4) is 0 Å². The van der Waals surface area contributed by atoms with Crippen LogP contribution in [0.4, 0.5) is 0 Å². The molecule has 0 unspecified atom stereocenters. The number of hydrogen-bond donors (Lipinski definition) is 0. The van der Waals surface area contributed by atoms with Crippen LogP contribution in [-0.2, 0) is 21.9 Å². The minimum atomic E-state index is -1.24. The normalized spacial score (nSPS) is 20.6. The first kappa shape index (κ1) is 19.7. The number of alkyl halides is 1. The van der Waals surface area contributed by atoms with Crippen molar-refractivity contribution in [2.75, 3.05) is 5.50 Å². The summed E-state index contributed by atoms with van der Waals surface area (Å²) in [5, 5.41) is 0. The molecule has 0 aliphatic heterocycles. The molecule has 0 heterocycles. The average Bonchev–Trinajstić information content (AvgIpc) is 3.03. The maximum atomic E-state index is 10.5. The van der Waals surface area contributed by atoms with Gasteiger partial charge in [-0.2, -0.15) is 0 Å². The zero-order valence-electron chi connectivity index (χ0n) is 11.5. The van der Waals surface area contributed by atoms with Crippen LogP contribution in [0.2, 0.25) is 13.1 Å². The molecule has 2 aliphatic rings. The van der Waals surface area contributed by atoms with Crippen LogP contribution in [0.5, 0.6) is 0 Å². The monoisotopic (exact) mass is 334 g/mol. The molecular weight excluding hydrogens is 316 g/mol. The molecule has 0 N–H and O–H groups in total. The average molecular weight is 335 g/mol. The first-order valence-corrected chi connectivity index (χ1v) is 9.72. The maximum Gasteiger partial charge on any atom is 2.00 e. The Labute approximate surface area is 135 Å². The number of rotatable bonds is 3. The quantitative estimate of drug-likeness (QED) is 0.571. The number of ketones is 1. The molecule has 2 fully saturated rings. The molecule has 1 nitrogen and oxygen atoms in total. The Hall–Kier alpha value is 0.696. The summed E-state index contributed by atoms with van der Waals surface area (Å²) in [4.78, 5) is 10.5. The van der Waals surface area contributed by atoms with E-state index in [1.54, 1.807) is 6.92 Å². The molecule has 0 aromatic heterocycles. The van der Waals surface area contributed by atoms with Gasteiger partial charge in [0, 0.05) is 11.4 Å². The predicted octanol–water partition coefficient (Wildman–Crippen LogP) is 3.40. The van der Waals surface area contributed by atoms with E-state index in [-0.39, 0.29) is 22.9 Å². The molecule has 2 aliphatic carbocycles. The van der Waals surface area contributed by atoms with Gasteiger partial charge in [-0.1, -0.05) is 13.1 Å². The van der Waals surface area contributed by atoms with Gasteiger partial charge in [-0.05, 0) is 63.8 Å². The van der Waals surface area contributed by atoms with Crippen LogP contribution in [0, 0.1) is 62.8 Å². The van der Waals surface area contributed by atoms with Gasteiger partial charge in [0.05, 0.1) is 8.07 Å². The maximum absolute atomic E-state index is 10.5. The minimum Gasteiger partial charge on any atom is -0.299 e. The molecule has 19 heavy (non-hydrogen) atoms. The van der Waals surface area contributed by atoms with Crippen molar-refractivity contribution in [2.45, 2.75) is 20.0 Å². The Bertz CT molecular complexity index is 259. The second-order valence-electron chi connectivity index (χ2n) is 4.92. The van der Waals surface area contributed by atoms with Crippen LogP contribution in [-0.4, -0.2) is 19.4 Å². The van der Waals surface area contributed by atoms with Gasteiger partial charge < -0.3 is 0 Å². The van der Waals surface area contributed by atoms with E-state index in [0.29, 0.717) is 0 Å². The van der Waals surface area contributed by atoms with Gasteiger partial charge in [0.15, 0.2) is 0 Å².